The van der Waals surface area contributed by atoms with Crippen LogP contribution in [-0.2, 0) is 4.74 Å². The Hall–Kier alpha value is 0.440. The molecule has 0 aromatic carbocycles. The Morgan fingerprint density at radius 3 is 2.00 bits per heavy atom. The quantitative estimate of drug-likeness (QED) is 0.597. The van der Waals surface area contributed by atoms with Crippen molar-refractivity contribution in [3.05, 3.63) is 0 Å². The van der Waals surface area contributed by atoms with Crippen molar-refractivity contribution in [2.75, 3.05) is 7.11 Å². The van der Waals surface area contributed by atoms with Crippen LogP contribution in [0.3, 0.4) is 0 Å². The second-order valence-electron chi connectivity index (χ2n) is 3.71. The molecule has 2 saturated carbocycles. The van der Waals surface area contributed by atoms with Gasteiger partial charge in [0.25, 0.3) is 0 Å². The molecule has 0 heterocycles. The van der Waals surface area contributed by atoms with Crippen molar-refractivity contribution in [1.29, 1.82) is 0 Å². The zero-order valence-corrected chi connectivity index (χ0v) is 7.91. The summed E-state index contributed by atoms with van der Waals surface area (Å²) in [6.07, 6.45) is 6.36. The molecule has 0 unspecified atom stereocenters. The van der Waals surface area contributed by atoms with Gasteiger partial charge in [0.2, 0.25) is 0 Å². The highest BCUT2D eigenvalue weighted by Crippen LogP contribution is 2.56. The number of fused-ring (bicyclic) bond motifs is 2. The van der Waals surface area contributed by atoms with Crippen LogP contribution >= 0.6 is 15.9 Å². The van der Waals surface area contributed by atoms with E-state index in [0.29, 0.717) is 4.32 Å². The fourth-order valence-electron chi connectivity index (χ4n) is 2.36. The Morgan fingerprint density at radius 2 is 1.80 bits per heavy atom. The largest absolute Gasteiger partial charge is 0.378 e. The first-order valence-corrected chi connectivity index (χ1v) is 4.72. The summed E-state index contributed by atoms with van der Waals surface area (Å²) in [5.41, 5.74) is 0.267. The van der Waals surface area contributed by atoms with Crippen molar-refractivity contribution in [2.45, 2.75) is 42.0 Å². The summed E-state index contributed by atoms with van der Waals surface area (Å²) in [6.45, 7) is 0. The Bertz CT molecular complexity index is 147. The number of rotatable bonds is 1. The van der Waals surface area contributed by atoms with E-state index in [4.69, 9.17) is 4.74 Å². The third kappa shape index (κ3) is 0.850. The first kappa shape index (κ1) is 7.11. The van der Waals surface area contributed by atoms with Gasteiger partial charge < -0.3 is 4.74 Å². The van der Waals surface area contributed by atoms with E-state index in [9.17, 15) is 0 Å². The van der Waals surface area contributed by atoms with Crippen LogP contribution in [0.2, 0.25) is 0 Å². The predicted molar refractivity (Wildman–Crippen MR) is 44.5 cm³/mol. The van der Waals surface area contributed by atoms with E-state index < -0.39 is 0 Å². The van der Waals surface area contributed by atoms with Gasteiger partial charge >= 0.3 is 0 Å². The fourth-order valence-corrected chi connectivity index (χ4v) is 3.27. The Morgan fingerprint density at radius 1 is 1.20 bits per heavy atom. The third-order valence-corrected chi connectivity index (χ3v) is 4.20. The van der Waals surface area contributed by atoms with Crippen LogP contribution in [0.4, 0.5) is 0 Å². The van der Waals surface area contributed by atoms with Gasteiger partial charge in [0.1, 0.15) is 0 Å². The van der Waals surface area contributed by atoms with E-state index in [-0.39, 0.29) is 5.60 Å². The fraction of sp³-hybridized carbons (Fsp3) is 1.00. The molecule has 0 atom stereocenters. The summed E-state index contributed by atoms with van der Waals surface area (Å²) in [6, 6.07) is 0. The lowest BCUT2D eigenvalue weighted by atomic mass is 9.97. The van der Waals surface area contributed by atoms with Gasteiger partial charge in [0, 0.05) is 11.4 Å². The van der Waals surface area contributed by atoms with Crippen LogP contribution < -0.4 is 0 Å². The molecule has 1 nitrogen and oxygen atoms in total. The molecule has 2 bridgehead atoms. The van der Waals surface area contributed by atoms with E-state index in [1.54, 1.807) is 0 Å². The molecule has 0 aromatic rings. The molecule has 2 aliphatic rings. The minimum Gasteiger partial charge on any atom is -0.378 e. The van der Waals surface area contributed by atoms with Crippen molar-refractivity contribution >= 4 is 15.9 Å². The highest BCUT2D eigenvalue weighted by atomic mass is 79.9. The SMILES string of the molecule is COC12CCC(Br)(CC1)C2. The first-order valence-electron chi connectivity index (χ1n) is 3.92. The summed E-state index contributed by atoms with van der Waals surface area (Å²) in [7, 11) is 1.85. The molecule has 0 spiro atoms. The van der Waals surface area contributed by atoms with Gasteiger partial charge in [0.05, 0.1) is 5.60 Å². The van der Waals surface area contributed by atoms with Gasteiger partial charge in [0.15, 0.2) is 0 Å². The second-order valence-corrected chi connectivity index (χ2v) is 5.40. The molecule has 0 radical (unpaired) electrons. The number of halogens is 1. The average molecular weight is 205 g/mol. The summed E-state index contributed by atoms with van der Waals surface area (Å²) >= 11 is 3.78. The third-order valence-electron chi connectivity index (χ3n) is 3.13. The van der Waals surface area contributed by atoms with Gasteiger partial charge in [-0.25, -0.2) is 0 Å². The molecular formula is C8H13BrO. The molecule has 0 aliphatic heterocycles. The standard InChI is InChI=1S/C8H13BrO/c1-10-8-4-2-7(9,6-8)3-5-8/h2-6H2,1H3. The van der Waals surface area contributed by atoms with Crippen LogP contribution in [0.15, 0.2) is 0 Å². The zero-order valence-electron chi connectivity index (χ0n) is 6.32. The summed E-state index contributed by atoms with van der Waals surface area (Å²) in [5.74, 6) is 0. The van der Waals surface area contributed by atoms with E-state index in [1.165, 1.54) is 32.1 Å². The van der Waals surface area contributed by atoms with Crippen molar-refractivity contribution in [2.24, 2.45) is 0 Å². The summed E-state index contributed by atoms with van der Waals surface area (Å²) in [5, 5.41) is 0. The molecule has 2 aliphatic carbocycles. The van der Waals surface area contributed by atoms with Crippen LogP contribution in [0.1, 0.15) is 32.1 Å². The Kier molecular flexibility index (Phi) is 1.41. The number of hydrogen-bond acceptors (Lipinski definition) is 1. The molecule has 10 heavy (non-hydrogen) atoms. The van der Waals surface area contributed by atoms with E-state index in [2.05, 4.69) is 15.9 Å². The lowest BCUT2D eigenvalue weighted by Crippen LogP contribution is -2.24. The molecule has 0 aromatic heterocycles. The molecule has 2 heteroatoms. The highest BCUT2D eigenvalue weighted by Gasteiger charge is 2.53. The van der Waals surface area contributed by atoms with Crippen molar-refractivity contribution < 1.29 is 4.74 Å². The second kappa shape index (κ2) is 1.98. The minimum atomic E-state index is 0.267. The lowest BCUT2D eigenvalue weighted by Gasteiger charge is -2.24. The van der Waals surface area contributed by atoms with Gasteiger partial charge in [-0.05, 0) is 32.1 Å². The lowest BCUT2D eigenvalue weighted by molar-refractivity contribution is -0.000272. The highest BCUT2D eigenvalue weighted by molar-refractivity contribution is 9.10. The van der Waals surface area contributed by atoms with E-state index in [0.717, 1.165) is 0 Å². The van der Waals surface area contributed by atoms with Gasteiger partial charge in [-0.15, -0.1) is 0 Å². The Labute approximate surface area is 70.3 Å². The molecule has 0 N–H and O–H groups in total. The maximum Gasteiger partial charge on any atom is 0.0693 e. The monoisotopic (exact) mass is 204 g/mol. The summed E-state index contributed by atoms with van der Waals surface area (Å²) in [4.78, 5) is 0. The molecule has 0 amide bonds. The van der Waals surface area contributed by atoms with Gasteiger partial charge in [-0.3, -0.25) is 0 Å². The zero-order chi connectivity index (χ0) is 7.24. The maximum absolute atomic E-state index is 5.52. The van der Waals surface area contributed by atoms with Crippen LogP contribution in [0.25, 0.3) is 0 Å². The smallest absolute Gasteiger partial charge is 0.0693 e. The topological polar surface area (TPSA) is 9.23 Å². The van der Waals surface area contributed by atoms with Crippen LogP contribution in [0, 0.1) is 0 Å². The van der Waals surface area contributed by atoms with Gasteiger partial charge in [-0.2, -0.15) is 0 Å². The van der Waals surface area contributed by atoms with Crippen LogP contribution in [-0.4, -0.2) is 17.0 Å². The summed E-state index contributed by atoms with van der Waals surface area (Å²) < 4.78 is 5.99. The molecule has 58 valence electrons. The molecule has 0 saturated heterocycles. The minimum absolute atomic E-state index is 0.267. The van der Waals surface area contributed by atoms with Crippen molar-refractivity contribution in [3.63, 3.8) is 0 Å². The maximum atomic E-state index is 5.52. The van der Waals surface area contributed by atoms with Crippen LogP contribution in [0.5, 0.6) is 0 Å². The Balaban J connectivity index is 2.19. The number of ether oxygens (including phenoxy) is 1. The van der Waals surface area contributed by atoms with Crippen molar-refractivity contribution in [1.82, 2.24) is 0 Å². The first-order chi connectivity index (χ1) is 4.68. The van der Waals surface area contributed by atoms with Crippen molar-refractivity contribution in [3.8, 4) is 0 Å². The normalized spacial score (nSPS) is 52.2. The molecule has 2 rings (SSSR count). The number of methoxy groups -OCH3 is 1. The molecule has 2 fully saturated rings. The van der Waals surface area contributed by atoms with E-state index in [1.807, 2.05) is 7.11 Å². The van der Waals surface area contributed by atoms with Gasteiger partial charge in [-0.1, -0.05) is 15.9 Å². The predicted octanol–water partition coefficient (Wildman–Crippen LogP) is 2.48. The van der Waals surface area contributed by atoms with E-state index >= 15 is 0 Å². The molecular weight excluding hydrogens is 192 g/mol. The number of alkyl halides is 1. The average Bonchev–Trinajstić information content (AvgIpc) is 2.42. The number of hydrogen-bond donors (Lipinski definition) is 0.